The largest absolute Gasteiger partial charge is 0.508 e. The summed E-state index contributed by atoms with van der Waals surface area (Å²) >= 11 is 0. The number of halogens is 4. The Morgan fingerprint density at radius 2 is 1.61 bits per heavy atom. The Hall–Kier alpha value is -5.02. The number of likely N-dealkylation sites (tertiary alicyclic amines) is 1. The molecule has 3 fully saturated rings. The maximum atomic E-state index is 16.2. The third-order valence-corrected chi connectivity index (χ3v) is 13.6. The van der Waals surface area contributed by atoms with Gasteiger partial charge in [-0.25, -0.2) is 17.6 Å². The summed E-state index contributed by atoms with van der Waals surface area (Å²) in [5.41, 5.74) is 4.51. The summed E-state index contributed by atoms with van der Waals surface area (Å²) in [5, 5.41) is 12.5. The first-order valence-corrected chi connectivity index (χ1v) is 20.5. The molecule has 3 aromatic carbocycles. The highest BCUT2D eigenvalue weighted by molar-refractivity contribution is 6.05. The van der Waals surface area contributed by atoms with Gasteiger partial charge in [0.25, 0.3) is 11.8 Å². The van der Waals surface area contributed by atoms with Crippen molar-refractivity contribution in [3.8, 4) is 5.75 Å². The van der Waals surface area contributed by atoms with E-state index in [0.29, 0.717) is 61.4 Å². The van der Waals surface area contributed by atoms with Gasteiger partial charge in [-0.2, -0.15) is 0 Å². The second kappa shape index (κ2) is 14.6. The number of rotatable bonds is 7. The van der Waals surface area contributed by atoms with E-state index in [9.17, 15) is 33.1 Å². The zero-order chi connectivity index (χ0) is 41.5. The molecule has 15 heteroatoms. The molecule has 0 aromatic heterocycles. The highest BCUT2D eigenvalue weighted by Gasteiger charge is 2.44. The van der Waals surface area contributed by atoms with E-state index in [4.69, 9.17) is 0 Å². The van der Waals surface area contributed by atoms with Crippen LogP contribution < -0.4 is 10.2 Å². The molecule has 59 heavy (non-hydrogen) atoms. The number of carbonyl (C=O) groups excluding carboxylic acids is 4. The molecular formula is C44H48F4N6O5. The minimum atomic E-state index is -3.10. The Morgan fingerprint density at radius 1 is 0.915 bits per heavy atom. The van der Waals surface area contributed by atoms with Crippen molar-refractivity contribution in [1.82, 2.24) is 24.9 Å². The number of carbonyl (C=O) groups is 4. The van der Waals surface area contributed by atoms with Gasteiger partial charge in [-0.15, -0.1) is 0 Å². The molecule has 3 aromatic rings. The number of hydrogen-bond acceptors (Lipinski definition) is 8. The number of imide groups is 1. The Balaban J connectivity index is 0.819. The van der Waals surface area contributed by atoms with Gasteiger partial charge in [-0.1, -0.05) is 12.1 Å². The average Bonchev–Trinajstić information content (AvgIpc) is 3.86. The zero-order valence-electron chi connectivity index (χ0n) is 33.2. The Labute approximate surface area is 339 Å². The Bertz CT molecular complexity index is 2230. The van der Waals surface area contributed by atoms with Crippen molar-refractivity contribution < 1.29 is 41.8 Å². The molecule has 6 aliphatic rings. The number of aromatic hydroxyl groups is 1. The smallest absolute Gasteiger partial charge is 0.257 e. The number of hydrogen-bond donors (Lipinski definition) is 2. The summed E-state index contributed by atoms with van der Waals surface area (Å²) < 4.78 is 61.3. The van der Waals surface area contributed by atoms with Gasteiger partial charge in [0.15, 0.2) is 0 Å². The van der Waals surface area contributed by atoms with E-state index >= 15 is 8.78 Å². The van der Waals surface area contributed by atoms with E-state index in [-0.39, 0.29) is 54.0 Å². The number of alkyl halides is 2. The van der Waals surface area contributed by atoms with Gasteiger partial charge in [-0.3, -0.25) is 34.3 Å². The summed E-state index contributed by atoms with van der Waals surface area (Å²) in [6.07, 6.45) is 3.31. The molecule has 3 atom stereocenters. The summed E-state index contributed by atoms with van der Waals surface area (Å²) in [6, 6.07) is 8.72. The highest BCUT2D eigenvalue weighted by Crippen LogP contribution is 2.45. The number of nitrogens with zero attached hydrogens (tertiary/aromatic N) is 5. The molecule has 4 amide bonds. The first kappa shape index (κ1) is 39.4. The number of phenols is 1. The van der Waals surface area contributed by atoms with Crippen LogP contribution >= 0.6 is 0 Å². The van der Waals surface area contributed by atoms with Crippen LogP contribution in [0, 0.1) is 17.0 Å². The van der Waals surface area contributed by atoms with E-state index in [1.165, 1.54) is 34.1 Å². The molecular weight excluding hydrogens is 769 g/mol. The Kier molecular flexibility index (Phi) is 9.77. The van der Waals surface area contributed by atoms with E-state index in [1.807, 2.05) is 21.9 Å². The maximum Gasteiger partial charge on any atom is 0.257 e. The molecule has 6 aliphatic heterocycles. The summed E-state index contributed by atoms with van der Waals surface area (Å²) in [4.78, 5) is 60.0. The van der Waals surface area contributed by atoms with Crippen LogP contribution in [0.4, 0.5) is 23.2 Å². The third-order valence-electron chi connectivity index (χ3n) is 13.6. The SMILES string of the molecule is C[C@@H]1Cc2cc(O)ccc2[C@@H](c2c(F)cc(N3CCC4(CCN(CC(=O)N5Cc6cc7c(cc6C5)C(=O)N(C5CCC(=O)NC5=O)C7)C4)CC3)cc2F)N1CC(C)(F)F. The van der Waals surface area contributed by atoms with Gasteiger partial charge in [-0.05, 0) is 109 Å². The number of anilines is 1. The molecule has 1 unspecified atom stereocenters. The van der Waals surface area contributed by atoms with E-state index < -0.39 is 48.1 Å². The quantitative estimate of drug-likeness (QED) is 0.246. The molecule has 0 radical (unpaired) electrons. The molecule has 2 N–H and O–H groups in total. The van der Waals surface area contributed by atoms with Gasteiger partial charge >= 0.3 is 0 Å². The monoisotopic (exact) mass is 816 g/mol. The molecule has 9 rings (SSSR count). The summed E-state index contributed by atoms with van der Waals surface area (Å²) in [5.74, 6) is -5.71. The van der Waals surface area contributed by atoms with Crippen LogP contribution in [-0.4, -0.2) is 106 Å². The fourth-order valence-corrected chi connectivity index (χ4v) is 10.6. The standard InChI is InChI=1S/C44H48F4N6O5/c1-25-13-26-15-31(55)3-4-32(26)40(54(25)23-43(2,47)48)39-34(45)17-30(18-35(39)46)51-11-8-44(9-12-51)7-10-50(24-44)22-38(57)52-19-27-14-29-21-53(36-5-6-37(56)49-41(36)58)42(59)33(29)16-28(27)20-52/h3-4,14-18,25,36,40,55H,5-13,19-24H2,1-2H3,(H,49,56,58)/t25-,36?,40+/m1/s1. The minimum absolute atomic E-state index is 0.00370. The summed E-state index contributed by atoms with van der Waals surface area (Å²) in [6.45, 7) is 5.90. The van der Waals surface area contributed by atoms with E-state index in [0.717, 1.165) is 56.0 Å². The van der Waals surface area contributed by atoms with Crippen LogP contribution in [0.5, 0.6) is 5.75 Å². The van der Waals surface area contributed by atoms with Crippen molar-refractivity contribution in [1.29, 1.82) is 0 Å². The zero-order valence-corrected chi connectivity index (χ0v) is 33.2. The number of nitrogens with one attached hydrogen (secondary N) is 1. The normalized spacial score (nSPS) is 24.5. The van der Waals surface area contributed by atoms with Gasteiger partial charge < -0.3 is 19.8 Å². The molecule has 1 spiro atoms. The van der Waals surface area contributed by atoms with E-state index in [1.54, 1.807) is 13.0 Å². The van der Waals surface area contributed by atoms with Gasteiger partial charge in [0, 0.05) is 75.5 Å². The van der Waals surface area contributed by atoms with Crippen molar-refractivity contribution in [2.75, 3.05) is 44.2 Å². The van der Waals surface area contributed by atoms with Crippen LogP contribution in [0.3, 0.4) is 0 Å². The molecule has 3 saturated heterocycles. The molecule has 0 saturated carbocycles. The average molecular weight is 817 g/mol. The highest BCUT2D eigenvalue weighted by atomic mass is 19.3. The second-order valence-corrected chi connectivity index (χ2v) is 17.8. The summed E-state index contributed by atoms with van der Waals surface area (Å²) in [7, 11) is 0. The van der Waals surface area contributed by atoms with Crippen molar-refractivity contribution in [3.63, 3.8) is 0 Å². The molecule has 0 aliphatic carbocycles. The first-order chi connectivity index (χ1) is 28.0. The van der Waals surface area contributed by atoms with Crippen LogP contribution in [0.25, 0.3) is 0 Å². The lowest BCUT2D eigenvalue weighted by Crippen LogP contribution is -2.52. The van der Waals surface area contributed by atoms with Crippen molar-refractivity contribution in [3.05, 3.63) is 93.0 Å². The van der Waals surface area contributed by atoms with Gasteiger partial charge in [0.05, 0.1) is 19.1 Å². The molecule has 6 heterocycles. The number of fused-ring (bicyclic) bond motifs is 3. The molecule has 0 bridgehead atoms. The van der Waals surface area contributed by atoms with Crippen LogP contribution in [0.2, 0.25) is 0 Å². The lowest BCUT2D eigenvalue weighted by Gasteiger charge is -2.43. The third kappa shape index (κ3) is 7.34. The lowest BCUT2D eigenvalue weighted by molar-refractivity contribution is -0.137. The van der Waals surface area contributed by atoms with Crippen LogP contribution in [0.15, 0.2) is 42.5 Å². The minimum Gasteiger partial charge on any atom is -0.508 e. The van der Waals surface area contributed by atoms with Gasteiger partial charge in [0.1, 0.15) is 23.4 Å². The Morgan fingerprint density at radius 3 is 2.31 bits per heavy atom. The number of amides is 4. The van der Waals surface area contributed by atoms with Crippen molar-refractivity contribution >= 4 is 29.3 Å². The number of piperidine rings is 2. The number of benzene rings is 3. The van der Waals surface area contributed by atoms with Crippen molar-refractivity contribution in [2.24, 2.45) is 5.41 Å². The maximum absolute atomic E-state index is 16.2. The van der Waals surface area contributed by atoms with Crippen LogP contribution in [-0.2, 0) is 40.4 Å². The fraction of sp³-hybridized carbons (Fsp3) is 0.500. The van der Waals surface area contributed by atoms with Gasteiger partial charge in [0.2, 0.25) is 17.7 Å². The van der Waals surface area contributed by atoms with Crippen LogP contribution in [0.1, 0.15) is 95.7 Å². The van der Waals surface area contributed by atoms with Crippen molar-refractivity contribution in [2.45, 2.75) is 96.1 Å². The number of phenolic OH excluding ortho intramolecular Hbond substituents is 1. The predicted molar refractivity (Wildman–Crippen MR) is 208 cm³/mol. The first-order valence-electron chi connectivity index (χ1n) is 20.5. The molecule has 312 valence electrons. The van der Waals surface area contributed by atoms with E-state index in [2.05, 4.69) is 10.2 Å². The lowest BCUT2D eigenvalue weighted by atomic mass is 9.77. The molecule has 11 nitrogen and oxygen atoms in total. The second-order valence-electron chi connectivity index (χ2n) is 17.8. The fourth-order valence-electron chi connectivity index (χ4n) is 10.6. The topological polar surface area (TPSA) is 117 Å². The predicted octanol–water partition coefficient (Wildman–Crippen LogP) is 5.26.